The number of carbonyl (C=O) groups is 1. The van der Waals surface area contributed by atoms with E-state index in [4.69, 9.17) is 0 Å². The van der Waals surface area contributed by atoms with E-state index in [1.54, 1.807) is 0 Å². The van der Waals surface area contributed by atoms with Crippen LogP contribution in [0.1, 0.15) is 20.3 Å². The fraction of sp³-hybridized carbons (Fsp3) is 0.700. The first-order valence-corrected chi connectivity index (χ1v) is 7.96. The fourth-order valence-electron chi connectivity index (χ4n) is 1.03. The van der Waals surface area contributed by atoms with Crippen molar-refractivity contribution in [1.82, 2.24) is 0 Å². The van der Waals surface area contributed by atoms with Gasteiger partial charge in [-0.25, -0.2) is 0 Å². The summed E-state index contributed by atoms with van der Waals surface area (Å²) in [5.41, 5.74) is 1.39. The molecule has 0 aromatic heterocycles. The highest BCUT2D eigenvalue weighted by atomic mass is 28.3. The molecule has 1 nitrogen and oxygen atoms in total. The van der Waals surface area contributed by atoms with Gasteiger partial charge in [0.25, 0.3) is 0 Å². The van der Waals surface area contributed by atoms with Crippen LogP contribution < -0.4 is 0 Å². The van der Waals surface area contributed by atoms with Gasteiger partial charge >= 0.3 is 0 Å². The molecule has 0 fully saturated rings. The third-order valence-corrected chi connectivity index (χ3v) is 4.95. The molecule has 0 atom stereocenters. The first-order chi connectivity index (χ1) is 5.48. The van der Waals surface area contributed by atoms with Gasteiger partial charge in [-0.2, -0.15) is 0 Å². The van der Waals surface area contributed by atoms with Crippen LogP contribution in [0, 0.1) is 0 Å². The van der Waals surface area contributed by atoms with Crippen LogP contribution in [0.25, 0.3) is 0 Å². The van der Waals surface area contributed by atoms with E-state index in [1.807, 2.05) is 0 Å². The van der Waals surface area contributed by atoms with Crippen molar-refractivity contribution in [3.63, 3.8) is 0 Å². The van der Waals surface area contributed by atoms with E-state index >= 15 is 0 Å². The molecule has 0 aliphatic carbocycles. The van der Waals surface area contributed by atoms with Crippen LogP contribution in [0.3, 0.4) is 0 Å². The van der Waals surface area contributed by atoms with Crippen molar-refractivity contribution < 1.29 is 4.79 Å². The molecule has 0 spiro atoms. The number of allylic oxidation sites excluding steroid dienone is 2. The Morgan fingerprint density at radius 1 is 1.33 bits per heavy atom. The van der Waals surface area contributed by atoms with Gasteiger partial charge in [0.05, 0.1) is 8.07 Å². The molecule has 0 aromatic rings. The average molecular weight is 184 g/mol. The van der Waals surface area contributed by atoms with Crippen molar-refractivity contribution in [2.24, 2.45) is 0 Å². The molecule has 0 aliphatic rings. The number of hydrogen-bond donors (Lipinski definition) is 0. The van der Waals surface area contributed by atoms with E-state index in [2.05, 4.69) is 33.0 Å². The molecule has 0 radical (unpaired) electrons. The summed E-state index contributed by atoms with van der Waals surface area (Å²) in [6.07, 6.45) is 4.09. The van der Waals surface area contributed by atoms with Gasteiger partial charge in [0, 0.05) is 6.42 Å². The van der Waals surface area contributed by atoms with Crippen molar-refractivity contribution in [3.05, 3.63) is 11.6 Å². The number of carbonyl (C=O) groups excluding carboxylic acids is 1. The van der Waals surface area contributed by atoms with Crippen LogP contribution in [0.2, 0.25) is 25.2 Å². The van der Waals surface area contributed by atoms with Gasteiger partial charge in [-0.3, -0.25) is 0 Å². The van der Waals surface area contributed by atoms with E-state index in [0.717, 1.165) is 18.8 Å². The Morgan fingerprint density at radius 2 is 1.92 bits per heavy atom. The predicted octanol–water partition coefficient (Wildman–Crippen LogP) is 3.25. The molecule has 0 saturated heterocycles. The molecule has 0 saturated carbocycles. The van der Waals surface area contributed by atoms with Gasteiger partial charge in [0.15, 0.2) is 0 Å². The monoisotopic (exact) mass is 184 g/mol. The summed E-state index contributed by atoms with van der Waals surface area (Å²) in [4.78, 5) is 10.2. The lowest BCUT2D eigenvalue weighted by Crippen LogP contribution is -2.23. The van der Waals surface area contributed by atoms with Gasteiger partial charge in [0.1, 0.15) is 6.29 Å². The van der Waals surface area contributed by atoms with E-state index in [1.165, 1.54) is 11.6 Å². The summed E-state index contributed by atoms with van der Waals surface area (Å²) >= 11 is 0. The summed E-state index contributed by atoms with van der Waals surface area (Å²) in [6, 6.07) is 2.34. The lowest BCUT2D eigenvalue weighted by atomic mass is 10.3. The normalized spacial score (nSPS) is 11.0. The topological polar surface area (TPSA) is 17.1 Å². The van der Waals surface area contributed by atoms with Gasteiger partial charge in [-0.05, 0) is 19.9 Å². The molecule has 70 valence electrons. The third kappa shape index (κ3) is 6.34. The molecule has 0 aliphatic heterocycles. The van der Waals surface area contributed by atoms with Gasteiger partial charge < -0.3 is 4.79 Å². The largest absolute Gasteiger partial charge is 0.303 e. The number of aldehydes is 1. The standard InChI is InChI=1S/C10H20OSi/c1-10(2)6-9-12(3,4)8-5-7-11/h6-7H,5,8-9H2,1-4H3. The first kappa shape index (κ1) is 11.6. The second-order valence-electron chi connectivity index (χ2n) is 4.36. The zero-order chi connectivity index (χ0) is 9.61. The minimum Gasteiger partial charge on any atom is -0.303 e. The minimum atomic E-state index is -1.09. The molecular weight excluding hydrogens is 164 g/mol. The van der Waals surface area contributed by atoms with Crippen molar-refractivity contribution in [3.8, 4) is 0 Å². The lowest BCUT2D eigenvalue weighted by molar-refractivity contribution is -0.107. The highest BCUT2D eigenvalue weighted by Crippen LogP contribution is 2.18. The second-order valence-corrected chi connectivity index (χ2v) is 9.59. The van der Waals surface area contributed by atoms with Crippen LogP contribution in [0.4, 0.5) is 0 Å². The van der Waals surface area contributed by atoms with Crippen LogP contribution in [-0.2, 0) is 4.79 Å². The van der Waals surface area contributed by atoms with E-state index < -0.39 is 8.07 Å². The molecule has 0 aromatic carbocycles. The Kier molecular flexibility index (Phi) is 5.14. The SMILES string of the molecule is CC(C)=CC[Si](C)(C)CCC=O. The minimum absolute atomic E-state index is 0.746. The zero-order valence-corrected chi connectivity index (χ0v) is 9.68. The van der Waals surface area contributed by atoms with Crippen molar-refractivity contribution >= 4 is 14.4 Å². The summed E-state index contributed by atoms with van der Waals surface area (Å²) in [6.45, 7) is 8.94. The number of rotatable bonds is 5. The fourth-order valence-corrected chi connectivity index (χ4v) is 3.10. The Balaban J connectivity index is 3.86. The van der Waals surface area contributed by atoms with Crippen LogP contribution in [0.15, 0.2) is 11.6 Å². The van der Waals surface area contributed by atoms with E-state index in [0.29, 0.717) is 0 Å². The second kappa shape index (κ2) is 5.30. The zero-order valence-electron chi connectivity index (χ0n) is 8.68. The van der Waals surface area contributed by atoms with Crippen LogP contribution >= 0.6 is 0 Å². The summed E-state index contributed by atoms with van der Waals surface area (Å²) < 4.78 is 0. The molecule has 0 unspecified atom stereocenters. The maximum Gasteiger partial charge on any atom is 0.119 e. The number of hydrogen-bond acceptors (Lipinski definition) is 1. The molecule has 2 heteroatoms. The summed E-state index contributed by atoms with van der Waals surface area (Å²) in [7, 11) is -1.09. The molecule has 0 N–H and O–H groups in total. The molecule has 12 heavy (non-hydrogen) atoms. The highest BCUT2D eigenvalue weighted by molar-refractivity contribution is 6.77. The molecule has 0 rings (SSSR count). The Labute approximate surface area is 76.9 Å². The summed E-state index contributed by atoms with van der Waals surface area (Å²) in [5.74, 6) is 0. The van der Waals surface area contributed by atoms with Crippen LogP contribution in [0.5, 0.6) is 0 Å². The molecule has 0 heterocycles. The maximum atomic E-state index is 10.2. The summed E-state index contributed by atoms with van der Waals surface area (Å²) in [5, 5.41) is 0. The molecule has 0 bridgehead atoms. The third-order valence-electron chi connectivity index (χ3n) is 2.00. The Bertz CT molecular complexity index is 167. The predicted molar refractivity (Wildman–Crippen MR) is 57.2 cm³/mol. The Morgan fingerprint density at radius 3 is 2.33 bits per heavy atom. The van der Waals surface area contributed by atoms with Gasteiger partial charge in [-0.15, -0.1) is 0 Å². The molecule has 0 amide bonds. The lowest BCUT2D eigenvalue weighted by Gasteiger charge is -2.18. The van der Waals surface area contributed by atoms with Gasteiger partial charge in [0.2, 0.25) is 0 Å². The van der Waals surface area contributed by atoms with Crippen LogP contribution in [-0.4, -0.2) is 14.4 Å². The average Bonchev–Trinajstić information content (AvgIpc) is 1.98. The first-order valence-electron chi connectivity index (χ1n) is 4.55. The highest BCUT2D eigenvalue weighted by Gasteiger charge is 2.17. The van der Waals surface area contributed by atoms with E-state index in [-0.39, 0.29) is 0 Å². The molecular formula is C10H20OSi. The van der Waals surface area contributed by atoms with Crippen molar-refractivity contribution in [2.45, 2.75) is 45.5 Å². The van der Waals surface area contributed by atoms with E-state index in [9.17, 15) is 4.79 Å². The smallest absolute Gasteiger partial charge is 0.119 e. The van der Waals surface area contributed by atoms with Gasteiger partial charge in [-0.1, -0.05) is 30.8 Å². The Hall–Kier alpha value is -0.373. The van der Waals surface area contributed by atoms with Crippen molar-refractivity contribution in [2.75, 3.05) is 0 Å². The maximum absolute atomic E-state index is 10.2. The quantitative estimate of drug-likeness (QED) is 0.364. The van der Waals surface area contributed by atoms with Crippen molar-refractivity contribution in [1.29, 1.82) is 0 Å².